The Hall–Kier alpha value is -1.50. The van der Waals surface area contributed by atoms with Crippen LogP contribution in [-0.4, -0.2) is 50.1 Å². The third-order valence-electron chi connectivity index (χ3n) is 6.76. The van der Waals surface area contributed by atoms with Crippen LogP contribution in [0.3, 0.4) is 0 Å². The van der Waals surface area contributed by atoms with Crippen molar-refractivity contribution in [2.75, 3.05) is 13.1 Å². The molecule has 0 bridgehead atoms. The zero-order valence-electron chi connectivity index (χ0n) is 16.5. The molecule has 1 aromatic heterocycles. The number of carbonyl (C=O) groups is 1. The average Bonchev–Trinajstić information content (AvgIpc) is 3.19. The number of piperidine rings is 1. The molecule has 150 valence electrons. The van der Waals surface area contributed by atoms with Gasteiger partial charge in [-0.05, 0) is 49.0 Å². The van der Waals surface area contributed by atoms with Crippen molar-refractivity contribution < 1.29 is 4.79 Å². The van der Waals surface area contributed by atoms with Crippen molar-refractivity contribution in [3.05, 3.63) is 5.82 Å². The zero-order valence-corrected chi connectivity index (χ0v) is 16.5. The van der Waals surface area contributed by atoms with E-state index in [0.717, 1.165) is 51.1 Å². The highest BCUT2D eigenvalue weighted by molar-refractivity contribution is 5.79. The molecule has 0 unspecified atom stereocenters. The molecule has 1 N–H and O–H groups in total. The van der Waals surface area contributed by atoms with Crippen LogP contribution in [0.1, 0.15) is 88.9 Å². The highest BCUT2D eigenvalue weighted by atomic mass is 16.1. The maximum atomic E-state index is 12.5. The fourth-order valence-electron chi connectivity index (χ4n) is 5.04. The Balaban J connectivity index is 1.24. The number of tetrazole rings is 1. The van der Waals surface area contributed by atoms with Crippen LogP contribution < -0.4 is 5.32 Å². The molecule has 3 aliphatic rings. The number of aromatic nitrogens is 4. The Morgan fingerprint density at radius 2 is 1.59 bits per heavy atom. The standard InChI is InChI=1S/C20H34N6O/c27-20(16-7-3-1-4-8-16)21-17-11-13-25(14-12-17)15-19-22-23-24-26(19)18-9-5-2-6-10-18/h16-18H,1-15H2,(H,21,27). The van der Waals surface area contributed by atoms with E-state index >= 15 is 0 Å². The van der Waals surface area contributed by atoms with Gasteiger partial charge in [-0.15, -0.1) is 5.10 Å². The average molecular weight is 375 g/mol. The van der Waals surface area contributed by atoms with Crippen molar-refractivity contribution in [1.29, 1.82) is 0 Å². The second-order valence-corrected chi connectivity index (χ2v) is 8.73. The Bertz CT molecular complexity index is 597. The van der Waals surface area contributed by atoms with Crippen molar-refractivity contribution in [2.24, 2.45) is 5.92 Å². The van der Waals surface area contributed by atoms with E-state index in [0.29, 0.717) is 18.0 Å². The van der Waals surface area contributed by atoms with E-state index in [1.54, 1.807) is 0 Å². The Labute approximate surface area is 162 Å². The first kappa shape index (κ1) is 18.8. The van der Waals surface area contributed by atoms with E-state index in [2.05, 4.69) is 30.4 Å². The second-order valence-electron chi connectivity index (χ2n) is 8.73. The van der Waals surface area contributed by atoms with Gasteiger partial charge in [0.15, 0.2) is 5.82 Å². The Morgan fingerprint density at radius 3 is 2.30 bits per heavy atom. The molecule has 7 heteroatoms. The summed E-state index contributed by atoms with van der Waals surface area (Å²) in [5.74, 6) is 1.57. The van der Waals surface area contributed by atoms with Gasteiger partial charge in [0.2, 0.25) is 5.91 Å². The number of nitrogens with one attached hydrogen (secondary N) is 1. The number of likely N-dealkylation sites (tertiary alicyclic amines) is 1. The van der Waals surface area contributed by atoms with E-state index in [1.165, 1.54) is 51.4 Å². The monoisotopic (exact) mass is 374 g/mol. The van der Waals surface area contributed by atoms with E-state index in [4.69, 9.17) is 0 Å². The van der Waals surface area contributed by atoms with Gasteiger partial charge < -0.3 is 5.32 Å². The molecule has 0 atom stereocenters. The third-order valence-corrected chi connectivity index (χ3v) is 6.76. The van der Waals surface area contributed by atoms with Gasteiger partial charge in [-0.2, -0.15) is 0 Å². The fourth-order valence-corrected chi connectivity index (χ4v) is 5.04. The van der Waals surface area contributed by atoms with E-state index in [-0.39, 0.29) is 5.92 Å². The SMILES string of the molecule is O=C(NC1CCN(Cc2nnnn2C2CCCCC2)CC1)C1CCCCC1. The van der Waals surface area contributed by atoms with Gasteiger partial charge in [0.25, 0.3) is 0 Å². The van der Waals surface area contributed by atoms with Crippen LogP contribution in [-0.2, 0) is 11.3 Å². The van der Waals surface area contributed by atoms with E-state index in [1.807, 2.05) is 0 Å². The lowest BCUT2D eigenvalue weighted by Crippen LogP contribution is -2.46. The maximum Gasteiger partial charge on any atom is 0.223 e. The van der Waals surface area contributed by atoms with Gasteiger partial charge in [-0.25, -0.2) is 4.68 Å². The van der Waals surface area contributed by atoms with Crippen LogP contribution in [0.15, 0.2) is 0 Å². The number of carbonyl (C=O) groups excluding carboxylic acids is 1. The number of hydrogen-bond acceptors (Lipinski definition) is 5. The lowest BCUT2D eigenvalue weighted by atomic mass is 9.88. The summed E-state index contributed by atoms with van der Waals surface area (Å²) in [6, 6.07) is 0.820. The van der Waals surface area contributed by atoms with E-state index < -0.39 is 0 Å². The van der Waals surface area contributed by atoms with Crippen LogP contribution in [0.2, 0.25) is 0 Å². The molecule has 1 amide bonds. The lowest BCUT2D eigenvalue weighted by molar-refractivity contribution is -0.127. The van der Waals surface area contributed by atoms with Gasteiger partial charge in [0.1, 0.15) is 0 Å². The highest BCUT2D eigenvalue weighted by Crippen LogP contribution is 2.28. The lowest BCUT2D eigenvalue weighted by Gasteiger charge is -2.33. The minimum Gasteiger partial charge on any atom is -0.353 e. The summed E-state index contributed by atoms with van der Waals surface area (Å²) in [5.41, 5.74) is 0. The van der Waals surface area contributed by atoms with Crippen LogP contribution in [0, 0.1) is 5.92 Å². The molecule has 1 aliphatic heterocycles. The summed E-state index contributed by atoms with van der Waals surface area (Å²) < 4.78 is 2.08. The second kappa shape index (κ2) is 9.13. The topological polar surface area (TPSA) is 75.9 Å². The molecule has 2 saturated carbocycles. The summed E-state index contributed by atoms with van der Waals surface area (Å²) in [4.78, 5) is 14.9. The van der Waals surface area contributed by atoms with Gasteiger partial charge in [0, 0.05) is 25.0 Å². The smallest absolute Gasteiger partial charge is 0.223 e. The molecule has 0 aromatic carbocycles. The third kappa shape index (κ3) is 4.86. The minimum atomic E-state index is 0.261. The van der Waals surface area contributed by atoms with Crippen molar-refractivity contribution in [2.45, 2.75) is 95.7 Å². The predicted molar refractivity (Wildman–Crippen MR) is 103 cm³/mol. The van der Waals surface area contributed by atoms with Crippen molar-refractivity contribution in [3.63, 3.8) is 0 Å². The molecular formula is C20H34N6O. The number of amides is 1. The van der Waals surface area contributed by atoms with Crippen LogP contribution >= 0.6 is 0 Å². The van der Waals surface area contributed by atoms with Crippen molar-refractivity contribution in [1.82, 2.24) is 30.4 Å². The van der Waals surface area contributed by atoms with Crippen LogP contribution in [0.5, 0.6) is 0 Å². The van der Waals surface area contributed by atoms with Crippen LogP contribution in [0.25, 0.3) is 0 Å². The molecule has 2 aliphatic carbocycles. The normalized spacial score (nSPS) is 24.1. The summed E-state index contributed by atoms with van der Waals surface area (Å²) in [7, 11) is 0. The number of rotatable bonds is 5. The largest absolute Gasteiger partial charge is 0.353 e. The van der Waals surface area contributed by atoms with Gasteiger partial charge in [-0.3, -0.25) is 9.69 Å². The molecule has 0 spiro atoms. The number of nitrogens with zero attached hydrogens (tertiary/aromatic N) is 5. The molecule has 27 heavy (non-hydrogen) atoms. The number of hydrogen-bond donors (Lipinski definition) is 1. The molecule has 4 rings (SSSR count). The molecule has 7 nitrogen and oxygen atoms in total. The first-order valence-electron chi connectivity index (χ1n) is 11.1. The molecular weight excluding hydrogens is 340 g/mol. The first-order valence-corrected chi connectivity index (χ1v) is 11.1. The fraction of sp³-hybridized carbons (Fsp3) is 0.900. The Kier molecular flexibility index (Phi) is 6.37. The zero-order chi connectivity index (χ0) is 18.5. The molecule has 0 radical (unpaired) electrons. The van der Waals surface area contributed by atoms with Gasteiger partial charge >= 0.3 is 0 Å². The molecule has 1 aromatic rings. The van der Waals surface area contributed by atoms with Crippen molar-refractivity contribution in [3.8, 4) is 0 Å². The Morgan fingerprint density at radius 1 is 0.926 bits per heavy atom. The minimum absolute atomic E-state index is 0.261. The maximum absolute atomic E-state index is 12.5. The summed E-state index contributed by atoms with van der Waals surface area (Å²) >= 11 is 0. The molecule has 1 saturated heterocycles. The first-order chi connectivity index (χ1) is 13.3. The molecule has 2 heterocycles. The van der Waals surface area contributed by atoms with Gasteiger partial charge in [0.05, 0.1) is 12.6 Å². The quantitative estimate of drug-likeness (QED) is 0.858. The summed E-state index contributed by atoms with van der Waals surface area (Å²) in [5, 5.41) is 15.9. The molecule has 3 fully saturated rings. The summed E-state index contributed by atoms with van der Waals surface area (Å²) in [6.45, 7) is 2.84. The van der Waals surface area contributed by atoms with Gasteiger partial charge in [-0.1, -0.05) is 38.5 Å². The highest BCUT2D eigenvalue weighted by Gasteiger charge is 2.27. The van der Waals surface area contributed by atoms with E-state index in [9.17, 15) is 4.79 Å². The van der Waals surface area contributed by atoms with Crippen molar-refractivity contribution >= 4 is 5.91 Å². The summed E-state index contributed by atoms with van der Waals surface area (Å²) in [6.07, 6.45) is 14.3. The van der Waals surface area contributed by atoms with Crippen LogP contribution in [0.4, 0.5) is 0 Å². The predicted octanol–water partition coefficient (Wildman–Crippen LogP) is 2.84.